The number of carbonyl (C=O) groups excluding carboxylic acids is 1. The summed E-state index contributed by atoms with van der Waals surface area (Å²) >= 11 is 0. The Balaban J connectivity index is 2.10. The summed E-state index contributed by atoms with van der Waals surface area (Å²) in [5.41, 5.74) is 0. The molecule has 0 saturated heterocycles. The summed E-state index contributed by atoms with van der Waals surface area (Å²) < 4.78 is 0. The molecule has 1 aliphatic carbocycles. The van der Waals surface area contributed by atoms with Gasteiger partial charge in [-0.25, -0.2) is 0 Å². The minimum atomic E-state index is -0.812. The second kappa shape index (κ2) is 6.30. The minimum absolute atomic E-state index is 0.0224. The maximum atomic E-state index is 11.5. The van der Waals surface area contributed by atoms with E-state index in [-0.39, 0.29) is 5.91 Å². The van der Waals surface area contributed by atoms with Crippen LogP contribution in [0.5, 0.6) is 0 Å². The van der Waals surface area contributed by atoms with Gasteiger partial charge < -0.3 is 10.4 Å². The predicted molar refractivity (Wildman–Crippen MR) is 60.9 cm³/mol. The zero-order valence-electron chi connectivity index (χ0n) is 9.61. The van der Waals surface area contributed by atoms with E-state index >= 15 is 0 Å². The van der Waals surface area contributed by atoms with Crippen molar-refractivity contribution >= 4 is 11.9 Å². The van der Waals surface area contributed by atoms with Crippen molar-refractivity contribution in [2.75, 3.05) is 6.54 Å². The first kappa shape index (κ1) is 12.7. The third kappa shape index (κ3) is 4.47. The summed E-state index contributed by atoms with van der Waals surface area (Å²) in [5, 5.41) is 11.4. The number of amides is 1. The molecule has 2 N–H and O–H groups in total. The van der Waals surface area contributed by atoms with Crippen molar-refractivity contribution in [1.82, 2.24) is 5.32 Å². The summed E-state index contributed by atoms with van der Waals surface area (Å²) in [4.78, 5) is 22.0. The maximum Gasteiger partial charge on any atom is 0.306 e. The van der Waals surface area contributed by atoms with E-state index in [9.17, 15) is 9.59 Å². The van der Waals surface area contributed by atoms with Crippen LogP contribution in [0.1, 0.15) is 32.6 Å². The number of carboxylic acids is 1. The van der Waals surface area contributed by atoms with Gasteiger partial charge in [-0.1, -0.05) is 19.1 Å². The highest BCUT2D eigenvalue weighted by atomic mass is 16.4. The molecule has 4 nitrogen and oxygen atoms in total. The fourth-order valence-electron chi connectivity index (χ4n) is 1.73. The molecule has 4 heteroatoms. The van der Waals surface area contributed by atoms with Gasteiger partial charge in [0, 0.05) is 13.0 Å². The average molecular weight is 225 g/mol. The molecular weight excluding hydrogens is 206 g/mol. The van der Waals surface area contributed by atoms with Gasteiger partial charge in [0.15, 0.2) is 0 Å². The molecule has 1 amide bonds. The number of carboxylic acid groups (broad SMARTS) is 1. The van der Waals surface area contributed by atoms with Crippen molar-refractivity contribution in [3.63, 3.8) is 0 Å². The first-order chi connectivity index (χ1) is 7.59. The molecule has 0 aromatic rings. The molecule has 0 fully saturated rings. The van der Waals surface area contributed by atoms with E-state index in [4.69, 9.17) is 5.11 Å². The Labute approximate surface area is 95.7 Å². The summed E-state index contributed by atoms with van der Waals surface area (Å²) in [5.74, 6) is -0.814. The topological polar surface area (TPSA) is 66.4 Å². The van der Waals surface area contributed by atoms with Gasteiger partial charge in [0.05, 0.1) is 5.92 Å². The number of nitrogens with one attached hydrogen (secondary N) is 1. The first-order valence-corrected chi connectivity index (χ1v) is 5.75. The van der Waals surface area contributed by atoms with E-state index in [2.05, 4.69) is 17.5 Å². The third-order valence-electron chi connectivity index (χ3n) is 2.88. The molecule has 90 valence electrons. The Morgan fingerprint density at radius 1 is 1.56 bits per heavy atom. The second-order valence-corrected chi connectivity index (χ2v) is 4.35. The summed E-state index contributed by atoms with van der Waals surface area (Å²) in [6.45, 7) is 2.09. The molecule has 0 aliphatic heterocycles. The molecular formula is C12H19NO3. The molecule has 16 heavy (non-hydrogen) atoms. The van der Waals surface area contributed by atoms with Gasteiger partial charge in [-0.2, -0.15) is 0 Å². The zero-order valence-corrected chi connectivity index (χ0v) is 9.61. The van der Waals surface area contributed by atoms with E-state index in [1.54, 1.807) is 6.92 Å². The van der Waals surface area contributed by atoms with E-state index in [0.29, 0.717) is 25.3 Å². The molecule has 0 aromatic heterocycles. The number of hydrogen-bond acceptors (Lipinski definition) is 2. The van der Waals surface area contributed by atoms with Crippen LogP contribution in [0.25, 0.3) is 0 Å². The van der Waals surface area contributed by atoms with Crippen LogP contribution in [0, 0.1) is 11.8 Å². The molecule has 0 saturated carbocycles. The number of allylic oxidation sites excluding steroid dienone is 2. The van der Waals surface area contributed by atoms with Gasteiger partial charge in [-0.3, -0.25) is 9.59 Å². The van der Waals surface area contributed by atoms with Crippen LogP contribution < -0.4 is 5.32 Å². The normalized spacial score (nSPS) is 20.7. The Kier molecular flexibility index (Phi) is 5.02. The zero-order chi connectivity index (χ0) is 12.0. The van der Waals surface area contributed by atoms with Crippen molar-refractivity contribution in [3.8, 4) is 0 Å². The Hall–Kier alpha value is -1.32. The van der Waals surface area contributed by atoms with Crippen molar-refractivity contribution in [1.29, 1.82) is 0 Å². The number of rotatable bonds is 6. The van der Waals surface area contributed by atoms with Crippen molar-refractivity contribution in [3.05, 3.63) is 12.2 Å². The maximum absolute atomic E-state index is 11.5. The summed E-state index contributed by atoms with van der Waals surface area (Å²) in [6.07, 6.45) is 7.32. The fourth-order valence-corrected chi connectivity index (χ4v) is 1.73. The first-order valence-electron chi connectivity index (χ1n) is 5.75. The van der Waals surface area contributed by atoms with Crippen LogP contribution in [-0.2, 0) is 9.59 Å². The molecule has 0 radical (unpaired) electrons. The number of hydrogen-bond donors (Lipinski definition) is 2. The smallest absolute Gasteiger partial charge is 0.306 e. The van der Waals surface area contributed by atoms with Gasteiger partial charge >= 0.3 is 5.97 Å². The molecule has 2 atom stereocenters. The van der Waals surface area contributed by atoms with Crippen molar-refractivity contribution in [2.24, 2.45) is 11.8 Å². The van der Waals surface area contributed by atoms with E-state index < -0.39 is 11.9 Å². The van der Waals surface area contributed by atoms with Gasteiger partial charge in [-0.05, 0) is 25.2 Å². The van der Waals surface area contributed by atoms with Gasteiger partial charge in [0.25, 0.3) is 0 Å². The minimum Gasteiger partial charge on any atom is -0.481 e. The largest absolute Gasteiger partial charge is 0.481 e. The monoisotopic (exact) mass is 225 g/mol. The molecule has 0 aromatic carbocycles. The van der Waals surface area contributed by atoms with Gasteiger partial charge in [0.1, 0.15) is 0 Å². The third-order valence-corrected chi connectivity index (χ3v) is 2.88. The highest BCUT2D eigenvalue weighted by Crippen LogP contribution is 2.19. The standard InChI is InChI=1S/C12H19NO3/c1-9(12(15)16)6-7-13-11(14)8-10-4-2-3-5-10/h2,4,9-10H,3,5-8H2,1H3,(H,13,14)(H,15,16). The van der Waals surface area contributed by atoms with Crippen molar-refractivity contribution in [2.45, 2.75) is 32.6 Å². The number of carbonyl (C=O) groups is 2. The Morgan fingerprint density at radius 3 is 2.88 bits per heavy atom. The SMILES string of the molecule is CC(CCNC(=O)CC1C=CCC1)C(=O)O. The van der Waals surface area contributed by atoms with Crippen LogP contribution in [-0.4, -0.2) is 23.5 Å². The van der Waals surface area contributed by atoms with Crippen LogP contribution in [0.4, 0.5) is 0 Å². The summed E-state index contributed by atoms with van der Waals surface area (Å²) in [6, 6.07) is 0. The van der Waals surface area contributed by atoms with Crippen LogP contribution >= 0.6 is 0 Å². The molecule has 0 spiro atoms. The lowest BCUT2D eigenvalue weighted by Gasteiger charge is -2.10. The quantitative estimate of drug-likeness (QED) is 0.674. The van der Waals surface area contributed by atoms with Gasteiger partial charge in [0.2, 0.25) is 5.91 Å². The molecule has 0 bridgehead atoms. The summed E-state index contributed by atoms with van der Waals surface area (Å²) in [7, 11) is 0. The lowest BCUT2D eigenvalue weighted by molar-refractivity contribution is -0.141. The average Bonchev–Trinajstić information content (AvgIpc) is 2.70. The Bertz CT molecular complexity index is 286. The van der Waals surface area contributed by atoms with E-state index in [1.165, 1.54) is 0 Å². The number of aliphatic carboxylic acids is 1. The molecule has 1 aliphatic rings. The van der Waals surface area contributed by atoms with Gasteiger partial charge in [-0.15, -0.1) is 0 Å². The Morgan fingerprint density at radius 2 is 2.31 bits per heavy atom. The molecule has 0 heterocycles. The lowest BCUT2D eigenvalue weighted by Crippen LogP contribution is -2.28. The second-order valence-electron chi connectivity index (χ2n) is 4.35. The van der Waals surface area contributed by atoms with Crippen LogP contribution in [0.2, 0.25) is 0 Å². The van der Waals surface area contributed by atoms with E-state index in [0.717, 1.165) is 12.8 Å². The molecule has 2 unspecified atom stereocenters. The highest BCUT2D eigenvalue weighted by molar-refractivity contribution is 5.76. The van der Waals surface area contributed by atoms with Crippen molar-refractivity contribution < 1.29 is 14.7 Å². The molecule has 1 rings (SSSR count). The van der Waals surface area contributed by atoms with E-state index in [1.807, 2.05) is 0 Å². The fraction of sp³-hybridized carbons (Fsp3) is 0.667. The van der Waals surface area contributed by atoms with Crippen LogP contribution in [0.3, 0.4) is 0 Å². The predicted octanol–water partition coefficient (Wildman–Crippen LogP) is 1.57. The lowest BCUT2D eigenvalue weighted by atomic mass is 10.0. The van der Waals surface area contributed by atoms with Crippen LogP contribution in [0.15, 0.2) is 12.2 Å². The highest BCUT2D eigenvalue weighted by Gasteiger charge is 2.14.